The van der Waals surface area contributed by atoms with Crippen LogP contribution >= 0.6 is 0 Å². The van der Waals surface area contributed by atoms with Gasteiger partial charge in [0.1, 0.15) is 0 Å². The summed E-state index contributed by atoms with van der Waals surface area (Å²) in [7, 11) is 3.13. The van der Waals surface area contributed by atoms with Crippen LogP contribution in [0.1, 0.15) is 28.8 Å². The van der Waals surface area contributed by atoms with E-state index in [1.165, 1.54) is 6.08 Å². The quantitative estimate of drug-likeness (QED) is 0.738. The van der Waals surface area contributed by atoms with E-state index < -0.39 is 0 Å². The minimum absolute atomic E-state index is 0.116. The van der Waals surface area contributed by atoms with Crippen LogP contribution in [0.15, 0.2) is 48.5 Å². The molecule has 2 N–H and O–H groups in total. The highest BCUT2D eigenvalue weighted by Gasteiger charge is 2.23. The number of hydrogen-bond donors (Lipinski definition) is 2. The van der Waals surface area contributed by atoms with E-state index in [2.05, 4.69) is 10.6 Å². The lowest BCUT2D eigenvalue weighted by Crippen LogP contribution is -2.25. The molecule has 6 nitrogen and oxygen atoms in total. The summed E-state index contributed by atoms with van der Waals surface area (Å²) in [6.07, 6.45) is 5.17. The lowest BCUT2D eigenvalue weighted by atomic mass is 10.1. The van der Waals surface area contributed by atoms with E-state index in [-0.39, 0.29) is 11.8 Å². The van der Waals surface area contributed by atoms with Crippen molar-refractivity contribution in [3.63, 3.8) is 0 Å². The van der Waals surface area contributed by atoms with Gasteiger partial charge < -0.3 is 20.1 Å². The van der Waals surface area contributed by atoms with Gasteiger partial charge in [0.25, 0.3) is 5.91 Å². The zero-order valence-electron chi connectivity index (χ0n) is 15.3. The van der Waals surface area contributed by atoms with E-state index >= 15 is 0 Å². The zero-order chi connectivity index (χ0) is 19.2. The second-order valence-corrected chi connectivity index (χ2v) is 6.27. The van der Waals surface area contributed by atoms with Crippen LogP contribution in [-0.2, 0) is 4.79 Å². The number of hydrogen-bond acceptors (Lipinski definition) is 4. The standard InChI is InChI=1S/C21H22N2O4/c1-26-18-10-6-14(12-19(18)27-2)7-11-20(24)22-17-5-3-4-15(13-17)21(25)23-16-8-9-16/h3-7,10-13,16H,8-9H2,1-2H3,(H,22,24)(H,23,25)/b11-7+. The monoisotopic (exact) mass is 366 g/mol. The highest BCUT2D eigenvalue weighted by atomic mass is 16.5. The molecular formula is C21H22N2O4. The summed E-state index contributed by atoms with van der Waals surface area (Å²) in [5, 5.41) is 5.70. The van der Waals surface area contributed by atoms with Gasteiger partial charge in [-0.05, 0) is 54.8 Å². The second kappa shape index (κ2) is 8.40. The molecule has 0 spiro atoms. The topological polar surface area (TPSA) is 76.7 Å². The maximum atomic E-state index is 12.2. The first-order chi connectivity index (χ1) is 13.1. The van der Waals surface area contributed by atoms with Crippen molar-refractivity contribution in [3.05, 3.63) is 59.7 Å². The molecule has 2 aromatic carbocycles. The van der Waals surface area contributed by atoms with Gasteiger partial charge in [0, 0.05) is 23.4 Å². The molecule has 3 rings (SSSR count). The Balaban J connectivity index is 1.63. The average molecular weight is 366 g/mol. The lowest BCUT2D eigenvalue weighted by molar-refractivity contribution is -0.111. The fourth-order valence-electron chi connectivity index (χ4n) is 2.55. The maximum absolute atomic E-state index is 12.2. The van der Waals surface area contributed by atoms with Crippen molar-refractivity contribution in [3.8, 4) is 11.5 Å². The maximum Gasteiger partial charge on any atom is 0.251 e. The molecule has 0 radical (unpaired) electrons. The Morgan fingerprint density at radius 2 is 1.81 bits per heavy atom. The predicted molar refractivity (Wildman–Crippen MR) is 104 cm³/mol. The Kier molecular flexibility index (Phi) is 5.76. The van der Waals surface area contributed by atoms with E-state index in [4.69, 9.17) is 9.47 Å². The van der Waals surface area contributed by atoms with Gasteiger partial charge in [-0.2, -0.15) is 0 Å². The minimum atomic E-state index is -0.287. The molecular weight excluding hydrogens is 344 g/mol. The van der Waals surface area contributed by atoms with Crippen LogP contribution in [0, 0.1) is 0 Å². The fraction of sp³-hybridized carbons (Fsp3) is 0.238. The summed E-state index contributed by atoms with van der Waals surface area (Å²) in [4.78, 5) is 24.3. The van der Waals surface area contributed by atoms with Gasteiger partial charge in [0.15, 0.2) is 11.5 Å². The molecule has 2 aromatic rings. The molecule has 0 bridgehead atoms. The van der Waals surface area contributed by atoms with E-state index in [0.717, 1.165) is 18.4 Å². The molecule has 2 amide bonds. The molecule has 1 saturated carbocycles. The van der Waals surface area contributed by atoms with Crippen LogP contribution in [0.4, 0.5) is 5.69 Å². The largest absolute Gasteiger partial charge is 0.493 e. The van der Waals surface area contributed by atoms with E-state index in [0.29, 0.717) is 28.8 Å². The Morgan fingerprint density at radius 1 is 1.04 bits per heavy atom. The van der Waals surface area contributed by atoms with Crippen molar-refractivity contribution in [2.75, 3.05) is 19.5 Å². The SMILES string of the molecule is COc1ccc(/C=C/C(=O)Nc2cccc(C(=O)NC3CC3)c2)cc1OC. The third-order valence-electron chi connectivity index (χ3n) is 4.14. The Morgan fingerprint density at radius 3 is 2.52 bits per heavy atom. The molecule has 27 heavy (non-hydrogen) atoms. The van der Waals surface area contributed by atoms with Gasteiger partial charge in [-0.1, -0.05) is 12.1 Å². The predicted octanol–water partition coefficient (Wildman–Crippen LogP) is 3.25. The number of nitrogens with one attached hydrogen (secondary N) is 2. The number of anilines is 1. The van der Waals surface area contributed by atoms with Crippen LogP contribution in [-0.4, -0.2) is 32.1 Å². The fourth-order valence-corrected chi connectivity index (χ4v) is 2.55. The summed E-state index contributed by atoms with van der Waals surface area (Å²) in [6.45, 7) is 0. The highest BCUT2D eigenvalue weighted by molar-refractivity contribution is 6.03. The van der Waals surface area contributed by atoms with Crippen molar-refractivity contribution in [1.29, 1.82) is 0 Å². The third-order valence-corrected chi connectivity index (χ3v) is 4.14. The van der Waals surface area contributed by atoms with Crippen molar-refractivity contribution < 1.29 is 19.1 Å². The molecule has 140 valence electrons. The summed E-state index contributed by atoms with van der Waals surface area (Å²) in [6, 6.07) is 12.6. The average Bonchev–Trinajstić information content (AvgIpc) is 3.50. The van der Waals surface area contributed by atoms with Crippen LogP contribution < -0.4 is 20.1 Å². The Hall–Kier alpha value is -3.28. The summed E-state index contributed by atoms with van der Waals surface area (Å²) < 4.78 is 10.4. The van der Waals surface area contributed by atoms with E-state index in [9.17, 15) is 9.59 Å². The van der Waals surface area contributed by atoms with Crippen LogP contribution in [0.3, 0.4) is 0 Å². The molecule has 1 aliphatic carbocycles. The third kappa shape index (κ3) is 5.10. The highest BCUT2D eigenvalue weighted by Crippen LogP contribution is 2.28. The molecule has 6 heteroatoms. The molecule has 1 aliphatic rings. The lowest BCUT2D eigenvalue weighted by Gasteiger charge is -2.08. The second-order valence-electron chi connectivity index (χ2n) is 6.27. The first-order valence-corrected chi connectivity index (χ1v) is 8.71. The molecule has 0 unspecified atom stereocenters. The van der Waals surface area contributed by atoms with Gasteiger partial charge in [-0.15, -0.1) is 0 Å². The van der Waals surface area contributed by atoms with Crippen molar-refractivity contribution >= 4 is 23.6 Å². The van der Waals surface area contributed by atoms with Gasteiger partial charge >= 0.3 is 0 Å². The smallest absolute Gasteiger partial charge is 0.251 e. The van der Waals surface area contributed by atoms with Gasteiger partial charge in [0.2, 0.25) is 5.91 Å². The number of benzene rings is 2. The summed E-state index contributed by atoms with van der Waals surface area (Å²) in [5.41, 5.74) is 1.91. The minimum Gasteiger partial charge on any atom is -0.493 e. The summed E-state index contributed by atoms with van der Waals surface area (Å²) in [5.74, 6) is 0.814. The number of rotatable bonds is 7. The van der Waals surface area contributed by atoms with Crippen LogP contribution in [0.2, 0.25) is 0 Å². The van der Waals surface area contributed by atoms with Crippen molar-refractivity contribution in [2.24, 2.45) is 0 Å². The number of carbonyl (C=O) groups excluding carboxylic acids is 2. The summed E-state index contributed by atoms with van der Waals surface area (Å²) >= 11 is 0. The normalized spacial score (nSPS) is 13.3. The first-order valence-electron chi connectivity index (χ1n) is 8.71. The van der Waals surface area contributed by atoms with E-state index in [1.807, 2.05) is 6.07 Å². The molecule has 0 saturated heterocycles. The van der Waals surface area contributed by atoms with Crippen molar-refractivity contribution in [1.82, 2.24) is 5.32 Å². The molecule has 1 fully saturated rings. The number of methoxy groups -OCH3 is 2. The number of ether oxygens (including phenoxy) is 2. The Labute approximate surface area is 158 Å². The van der Waals surface area contributed by atoms with Gasteiger partial charge in [0.05, 0.1) is 14.2 Å². The first kappa shape index (κ1) is 18.5. The van der Waals surface area contributed by atoms with Gasteiger partial charge in [-0.25, -0.2) is 0 Å². The number of carbonyl (C=O) groups is 2. The zero-order valence-corrected chi connectivity index (χ0v) is 15.3. The van der Waals surface area contributed by atoms with Crippen LogP contribution in [0.25, 0.3) is 6.08 Å². The molecule has 0 atom stereocenters. The molecule has 0 aliphatic heterocycles. The number of amides is 2. The van der Waals surface area contributed by atoms with E-state index in [1.54, 1.807) is 56.7 Å². The molecule has 0 aromatic heterocycles. The Bertz CT molecular complexity index is 872. The van der Waals surface area contributed by atoms with Crippen molar-refractivity contribution in [2.45, 2.75) is 18.9 Å². The van der Waals surface area contributed by atoms with Crippen LogP contribution in [0.5, 0.6) is 11.5 Å². The molecule has 0 heterocycles. The van der Waals surface area contributed by atoms with Gasteiger partial charge in [-0.3, -0.25) is 9.59 Å².